The smallest absolute Gasteiger partial charge is 0.377 e. The van der Waals surface area contributed by atoms with E-state index >= 15 is 0 Å². The summed E-state index contributed by atoms with van der Waals surface area (Å²) < 4.78 is 32.4. The van der Waals surface area contributed by atoms with E-state index in [9.17, 15) is 0 Å². The van der Waals surface area contributed by atoms with E-state index in [2.05, 4.69) is 0 Å². The molecule has 0 aromatic carbocycles. The molecule has 0 N–H and O–H groups in total. The quantitative estimate of drug-likeness (QED) is 0.621. The van der Waals surface area contributed by atoms with Gasteiger partial charge in [0.1, 0.15) is 4.66 Å². The maximum Gasteiger partial charge on any atom is 0.510 e. The van der Waals surface area contributed by atoms with Crippen molar-refractivity contribution in [2.75, 3.05) is 42.7 Å². The van der Waals surface area contributed by atoms with Gasteiger partial charge in [0.25, 0.3) is 0 Å². The summed E-state index contributed by atoms with van der Waals surface area (Å²) in [4.78, 5) is 0. The molecule has 0 bridgehead atoms. The number of hydrogen-bond donors (Lipinski definition) is 0. The van der Waals surface area contributed by atoms with Gasteiger partial charge < -0.3 is 26.6 Å². The fraction of sp³-hybridized carbons (Fsp3) is 1.00. The molecule has 0 heterocycles. The van der Waals surface area contributed by atoms with Gasteiger partial charge in [-0.3, -0.25) is 0 Å². The molecule has 0 fully saturated rings. The van der Waals surface area contributed by atoms with Crippen LogP contribution in [0.25, 0.3) is 0 Å². The molecule has 0 aromatic heterocycles. The van der Waals surface area contributed by atoms with E-state index in [1.54, 1.807) is 42.7 Å². The summed E-state index contributed by atoms with van der Waals surface area (Å²) in [5.41, 5.74) is 0. The van der Waals surface area contributed by atoms with E-state index in [0.29, 0.717) is 0 Å². The van der Waals surface area contributed by atoms with Crippen molar-refractivity contribution < 1.29 is 26.6 Å². The zero-order valence-corrected chi connectivity index (χ0v) is 13.9. The first-order chi connectivity index (χ1) is 7.86. The molecular weight excluding hydrogens is 260 g/mol. The van der Waals surface area contributed by atoms with Crippen LogP contribution in [0.2, 0.25) is 4.66 Å². The predicted octanol–water partition coefficient (Wildman–Crippen LogP) is 1.06. The van der Waals surface area contributed by atoms with Gasteiger partial charge in [0.15, 0.2) is 0 Å². The van der Waals surface area contributed by atoms with E-state index in [4.69, 9.17) is 26.6 Å². The normalized spacial score (nSPS) is 14.1. The average Bonchev–Trinajstić information content (AvgIpc) is 2.34. The van der Waals surface area contributed by atoms with Gasteiger partial charge in [-0.15, -0.1) is 0 Å². The second-order valence-electron chi connectivity index (χ2n) is 3.96. The third-order valence-corrected chi connectivity index (χ3v) is 11.3. The zero-order valence-electron chi connectivity index (χ0n) is 11.9. The molecule has 6 nitrogen and oxygen atoms in total. The van der Waals surface area contributed by atoms with Gasteiger partial charge in [0.05, 0.1) is 0 Å². The summed E-state index contributed by atoms with van der Waals surface area (Å²) in [6, 6.07) is 0. The minimum Gasteiger partial charge on any atom is -0.377 e. The first kappa shape index (κ1) is 17.2. The summed E-state index contributed by atoms with van der Waals surface area (Å²) in [6.07, 6.45) is 0. The van der Waals surface area contributed by atoms with Crippen LogP contribution in [-0.4, -0.2) is 60.3 Å². The Kier molecular flexibility index (Phi) is 6.46. The number of rotatable bonds is 8. The fourth-order valence-electron chi connectivity index (χ4n) is 2.22. The summed E-state index contributed by atoms with van der Waals surface area (Å²) >= 11 is 0. The molecule has 0 aliphatic heterocycles. The highest BCUT2D eigenvalue weighted by atomic mass is 28.5. The molecule has 0 spiro atoms. The van der Waals surface area contributed by atoms with Crippen molar-refractivity contribution in [1.82, 2.24) is 0 Å². The van der Waals surface area contributed by atoms with Crippen LogP contribution in [-0.2, 0) is 26.6 Å². The highest BCUT2D eigenvalue weighted by molar-refractivity contribution is 6.84. The fourth-order valence-corrected chi connectivity index (χ4v) is 9.62. The summed E-state index contributed by atoms with van der Waals surface area (Å²) in [7, 11) is 3.43. The van der Waals surface area contributed by atoms with E-state index in [-0.39, 0.29) is 0 Å². The summed E-state index contributed by atoms with van der Waals surface area (Å²) in [5, 5.41) is 0. The van der Waals surface area contributed by atoms with Crippen LogP contribution in [0.1, 0.15) is 13.8 Å². The largest absolute Gasteiger partial charge is 0.510 e. The lowest BCUT2D eigenvalue weighted by atomic mass is 10.5. The van der Waals surface area contributed by atoms with Crippen LogP contribution >= 0.6 is 0 Å². The third kappa shape index (κ3) is 2.49. The van der Waals surface area contributed by atoms with E-state index < -0.39 is 22.3 Å². The molecule has 17 heavy (non-hydrogen) atoms. The molecule has 0 radical (unpaired) electrons. The molecule has 104 valence electrons. The van der Waals surface area contributed by atoms with Crippen LogP contribution in [0.4, 0.5) is 0 Å². The molecule has 0 atom stereocenters. The van der Waals surface area contributed by atoms with Crippen LogP contribution in [0, 0.1) is 0 Å². The molecule has 0 saturated carbocycles. The Morgan fingerprint density at radius 3 is 0.824 bits per heavy atom. The van der Waals surface area contributed by atoms with Crippen molar-refractivity contribution in [3.63, 3.8) is 0 Å². The van der Waals surface area contributed by atoms with Gasteiger partial charge in [0.2, 0.25) is 0 Å². The number of hydrogen-bond acceptors (Lipinski definition) is 6. The first-order valence-electron chi connectivity index (χ1n) is 5.17. The Morgan fingerprint density at radius 2 is 0.706 bits per heavy atom. The van der Waals surface area contributed by atoms with Crippen LogP contribution < -0.4 is 0 Å². The Morgan fingerprint density at radius 1 is 0.529 bits per heavy atom. The van der Waals surface area contributed by atoms with Gasteiger partial charge in [-0.2, -0.15) is 0 Å². The van der Waals surface area contributed by atoms with Crippen LogP contribution in [0.5, 0.6) is 0 Å². The predicted molar refractivity (Wildman–Crippen MR) is 67.6 cm³/mol. The van der Waals surface area contributed by atoms with Crippen molar-refractivity contribution in [3.8, 4) is 0 Å². The summed E-state index contributed by atoms with van der Waals surface area (Å²) in [6.45, 7) is 3.83. The topological polar surface area (TPSA) is 55.4 Å². The SMILES string of the molecule is CO[Si](OC)(OC)C(C)(C)[Si](OC)(OC)OC. The summed E-state index contributed by atoms with van der Waals surface area (Å²) in [5.74, 6) is 0. The molecule has 0 aliphatic carbocycles. The molecular formula is C9H24O6Si2. The van der Waals surface area contributed by atoms with Gasteiger partial charge in [0, 0.05) is 42.7 Å². The monoisotopic (exact) mass is 284 g/mol. The second-order valence-corrected chi connectivity index (χ2v) is 11.6. The van der Waals surface area contributed by atoms with Crippen molar-refractivity contribution in [1.29, 1.82) is 0 Å². The minimum absolute atomic E-state index is 0.628. The average molecular weight is 284 g/mol. The standard InChI is InChI=1S/C9H24O6Si2/c1-9(2,16(10-3,11-4)12-5)17(13-6,14-7)15-8/h1-8H3. The van der Waals surface area contributed by atoms with Gasteiger partial charge in [-0.05, 0) is 0 Å². The molecule has 0 aliphatic rings. The lowest BCUT2D eigenvalue weighted by molar-refractivity contribution is 0.0618. The zero-order chi connectivity index (χ0) is 13.7. The Labute approximate surface area is 106 Å². The first-order valence-corrected chi connectivity index (χ1v) is 8.62. The molecule has 0 saturated heterocycles. The second kappa shape index (κ2) is 6.39. The molecule has 0 amide bonds. The maximum absolute atomic E-state index is 5.50. The van der Waals surface area contributed by atoms with Gasteiger partial charge >= 0.3 is 17.6 Å². The maximum atomic E-state index is 5.50. The van der Waals surface area contributed by atoms with E-state index in [1.807, 2.05) is 13.8 Å². The Balaban J connectivity index is 5.60. The molecule has 8 heteroatoms. The highest BCUT2D eigenvalue weighted by Gasteiger charge is 2.70. The lowest BCUT2D eigenvalue weighted by Crippen LogP contribution is -2.67. The Bertz CT molecular complexity index is 189. The molecule has 0 aromatic rings. The molecule has 0 unspecified atom stereocenters. The Hall–Kier alpha value is 0.194. The van der Waals surface area contributed by atoms with Crippen LogP contribution in [0.3, 0.4) is 0 Å². The van der Waals surface area contributed by atoms with E-state index in [1.165, 1.54) is 0 Å². The van der Waals surface area contributed by atoms with Crippen molar-refractivity contribution in [2.24, 2.45) is 0 Å². The molecule has 0 rings (SSSR count). The van der Waals surface area contributed by atoms with E-state index in [0.717, 1.165) is 0 Å². The van der Waals surface area contributed by atoms with Crippen molar-refractivity contribution >= 4 is 17.6 Å². The van der Waals surface area contributed by atoms with Crippen molar-refractivity contribution in [3.05, 3.63) is 0 Å². The minimum atomic E-state index is -2.96. The lowest BCUT2D eigenvalue weighted by Gasteiger charge is -2.45. The van der Waals surface area contributed by atoms with Crippen LogP contribution in [0.15, 0.2) is 0 Å². The highest BCUT2D eigenvalue weighted by Crippen LogP contribution is 2.47. The van der Waals surface area contributed by atoms with Gasteiger partial charge in [-0.25, -0.2) is 0 Å². The third-order valence-electron chi connectivity index (χ3n) is 3.14. The van der Waals surface area contributed by atoms with Crippen molar-refractivity contribution in [2.45, 2.75) is 18.5 Å². The van der Waals surface area contributed by atoms with Gasteiger partial charge in [-0.1, -0.05) is 13.8 Å².